The highest BCUT2D eigenvalue weighted by atomic mass is 16.5. The minimum absolute atomic E-state index is 0.0878. The largest absolute Gasteiger partial charge is 0.481 e. The number of alkyl carbamates (subject to hydrolysis) is 1. The fraction of sp³-hybridized carbons (Fsp3) is 0.423. The number of amides is 2. The predicted octanol–water partition coefficient (Wildman–Crippen LogP) is 3.40. The number of benzene rings is 2. The number of rotatable bonds is 9. The van der Waals surface area contributed by atoms with Gasteiger partial charge in [0.05, 0.1) is 19.1 Å². The van der Waals surface area contributed by atoms with E-state index in [1.54, 1.807) is 4.90 Å². The summed E-state index contributed by atoms with van der Waals surface area (Å²) in [5.74, 6) is -1.71. The molecule has 1 fully saturated rings. The molecule has 2 unspecified atom stereocenters. The van der Waals surface area contributed by atoms with Crippen LogP contribution in [0.2, 0.25) is 0 Å². The summed E-state index contributed by atoms with van der Waals surface area (Å²) in [6.45, 7) is 3.42. The van der Waals surface area contributed by atoms with Crippen molar-refractivity contribution in [3.8, 4) is 11.1 Å². The third-order valence-corrected chi connectivity index (χ3v) is 6.49. The van der Waals surface area contributed by atoms with Gasteiger partial charge in [-0.05, 0) is 42.0 Å². The Morgan fingerprint density at radius 3 is 2.32 bits per heavy atom. The minimum atomic E-state index is -1.20. The van der Waals surface area contributed by atoms with Gasteiger partial charge in [0.25, 0.3) is 0 Å². The van der Waals surface area contributed by atoms with Crippen molar-refractivity contribution in [1.82, 2.24) is 10.2 Å². The van der Waals surface area contributed by atoms with Gasteiger partial charge in [0.2, 0.25) is 5.91 Å². The molecule has 0 radical (unpaired) electrons. The van der Waals surface area contributed by atoms with Crippen molar-refractivity contribution in [2.45, 2.75) is 44.2 Å². The van der Waals surface area contributed by atoms with Crippen molar-refractivity contribution in [1.29, 1.82) is 0 Å². The zero-order chi connectivity index (χ0) is 24.1. The number of ether oxygens (including phenoxy) is 2. The Kier molecular flexibility index (Phi) is 7.47. The standard InChI is InChI=1S/C26H30N2O6/c1-2-33-15-17-8-7-13-28(17)25(31)23(14-24(29)30)27-26(32)34-16-22-20-11-5-3-9-18(20)19-10-4-6-12-21(19)22/h3-6,9-12,17,22-23H,2,7-8,13-16H2,1H3,(H,27,32)(H,29,30). The van der Waals surface area contributed by atoms with Crippen molar-refractivity contribution in [2.75, 3.05) is 26.4 Å². The van der Waals surface area contributed by atoms with Crippen LogP contribution in [0.4, 0.5) is 4.79 Å². The molecule has 0 spiro atoms. The molecule has 1 aliphatic heterocycles. The topological polar surface area (TPSA) is 105 Å². The highest BCUT2D eigenvalue weighted by Crippen LogP contribution is 2.44. The summed E-state index contributed by atoms with van der Waals surface area (Å²) in [4.78, 5) is 38.8. The second-order valence-corrected chi connectivity index (χ2v) is 8.61. The van der Waals surface area contributed by atoms with Crippen LogP contribution in [0.25, 0.3) is 11.1 Å². The Morgan fingerprint density at radius 2 is 1.71 bits per heavy atom. The van der Waals surface area contributed by atoms with Gasteiger partial charge in [-0.15, -0.1) is 0 Å². The third kappa shape index (κ3) is 5.07. The lowest BCUT2D eigenvalue weighted by molar-refractivity contribution is -0.143. The second kappa shape index (κ2) is 10.7. The summed E-state index contributed by atoms with van der Waals surface area (Å²) >= 11 is 0. The number of hydrogen-bond acceptors (Lipinski definition) is 5. The van der Waals surface area contributed by atoms with Crippen LogP contribution in [-0.4, -0.2) is 66.4 Å². The Labute approximate surface area is 198 Å². The summed E-state index contributed by atoms with van der Waals surface area (Å²) in [7, 11) is 0. The van der Waals surface area contributed by atoms with Crippen LogP contribution in [-0.2, 0) is 19.1 Å². The molecule has 0 aromatic heterocycles. The molecule has 0 saturated carbocycles. The first-order chi connectivity index (χ1) is 16.5. The van der Waals surface area contributed by atoms with Gasteiger partial charge in [-0.1, -0.05) is 48.5 Å². The molecule has 8 nitrogen and oxygen atoms in total. The average molecular weight is 467 g/mol. The molecule has 1 aliphatic carbocycles. The summed E-state index contributed by atoms with van der Waals surface area (Å²) in [5.41, 5.74) is 4.37. The van der Waals surface area contributed by atoms with Gasteiger partial charge in [0.15, 0.2) is 0 Å². The highest BCUT2D eigenvalue weighted by Gasteiger charge is 2.36. The maximum atomic E-state index is 13.1. The zero-order valence-electron chi connectivity index (χ0n) is 19.2. The summed E-state index contributed by atoms with van der Waals surface area (Å²) in [5, 5.41) is 11.8. The number of hydrogen-bond donors (Lipinski definition) is 2. The highest BCUT2D eigenvalue weighted by molar-refractivity contribution is 5.89. The third-order valence-electron chi connectivity index (χ3n) is 6.49. The lowest BCUT2D eigenvalue weighted by Crippen LogP contribution is -2.51. The van der Waals surface area contributed by atoms with E-state index in [2.05, 4.69) is 5.32 Å². The molecule has 2 N–H and O–H groups in total. The van der Waals surface area contributed by atoms with Gasteiger partial charge in [0, 0.05) is 19.1 Å². The van der Waals surface area contributed by atoms with E-state index < -0.39 is 30.4 Å². The van der Waals surface area contributed by atoms with Crippen LogP contribution >= 0.6 is 0 Å². The van der Waals surface area contributed by atoms with Gasteiger partial charge in [0.1, 0.15) is 12.6 Å². The zero-order valence-corrected chi connectivity index (χ0v) is 19.2. The number of nitrogens with one attached hydrogen (secondary N) is 1. The fourth-order valence-corrected chi connectivity index (χ4v) is 4.91. The number of carboxylic acids is 1. The maximum absolute atomic E-state index is 13.1. The molecular formula is C26H30N2O6. The average Bonchev–Trinajstić information content (AvgIpc) is 3.43. The Balaban J connectivity index is 1.42. The number of likely N-dealkylation sites (tertiary alicyclic amines) is 1. The number of carbonyl (C=O) groups excluding carboxylic acids is 2. The van der Waals surface area contributed by atoms with E-state index in [9.17, 15) is 19.5 Å². The molecule has 8 heteroatoms. The van der Waals surface area contributed by atoms with E-state index in [4.69, 9.17) is 9.47 Å². The molecule has 1 heterocycles. The molecular weight excluding hydrogens is 436 g/mol. The number of fused-ring (bicyclic) bond motifs is 3. The quantitative estimate of drug-likeness (QED) is 0.587. The molecule has 180 valence electrons. The second-order valence-electron chi connectivity index (χ2n) is 8.61. The van der Waals surface area contributed by atoms with E-state index >= 15 is 0 Å². The van der Waals surface area contributed by atoms with Crippen LogP contribution in [0.3, 0.4) is 0 Å². The summed E-state index contributed by atoms with van der Waals surface area (Å²) in [6.07, 6.45) is 0.285. The van der Waals surface area contributed by atoms with Crippen molar-refractivity contribution in [2.24, 2.45) is 0 Å². The Hall–Kier alpha value is -3.39. The molecule has 1 saturated heterocycles. The monoisotopic (exact) mass is 466 g/mol. The van der Waals surface area contributed by atoms with Crippen molar-refractivity contribution >= 4 is 18.0 Å². The first-order valence-corrected chi connectivity index (χ1v) is 11.7. The first kappa shape index (κ1) is 23.8. The van der Waals surface area contributed by atoms with E-state index in [1.807, 2.05) is 55.5 Å². The van der Waals surface area contributed by atoms with E-state index in [0.717, 1.165) is 35.1 Å². The van der Waals surface area contributed by atoms with Crippen LogP contribution in [0.1, 0.15) is 43.2 Å². The maximum Gasteiger partial charge on any atom is 0.407 e. The molecule has 4 rings (SSSR count). The SMILES string of the molecule is CCOCC1CCCN1C(=O)C(CC(=O)O)NC(=O)OCC1c2ccccc2-c2ccccc21. The molecule has 0 bridgehead atoms. The molecule has 2 amide bonds. The van der Waals surface area contributed by atoms with E-state index in [-0.39, 0.29) is 18.6 Å². The Bertz CT molecular complexity index is 1010. The van der Waals surface area contributed by atoms with Crippen molar-refractivity contribution < 1.29 is 29.0 Å². The van der Waals surface area contributed by atoms with Crippen LogP contribution < -0.4 is 5.32 Å². The summed E-state index contributed by atoms with van der Waals surface area (Å²) < 4.78 is 11.0. The fourth-order valence-electron chi connectivity index (χ4n) is 4.91. The van der Waals surface area contributed by atoms with E-state index in [1.165, 1.54) is 0 Å². The molecule has 2 aromatic rings. The van der Waals surface area contributed by atoms with Gasteiger partial charge in [-0.3, -0.25) is 9.59 Å². The predicted molar refractivity (Wildman–Crippen MR) is 125 cm³/mol. The smallest absolute Gasteiger partial charge is 0.407 e. The summed E-state index contributed by atoms with van der Waals surface area (Å²) in [6, 6.07) is 14.7. The van der Waals surface area contributed by atoms with Crippen LogP contribution in [0.5, 0.6) is 0 Å². The molecule has 2 aliphatic rings. The molecule has 2 aromatic carbocycles. The number of aliphatic carboxylic acids is 1. The number of nitrogens with zero attached hydrogens (tertiary/aromatic N) is 1. The lowest BCUT2D eigenvalue weighted by atomic mass is 9.98. The van der Waals surface area contributed by atoms with Gasteiger partial charge in [-0.25, -0.2) is 4.79 Å². The minimum Gasteiger partial charge on any atom is -0.481 e. The lowest BCUT2D eigenvalue weighted by Gasteiger charge is -2.28. The number of carbonyl (C=O) groups is 3. The van der Waals surface area contributed by atoms with Gasteiger partial charge >= 0.3 is 12.1 Å². The van der Waals surface area contributed by atoms with Crippen molar-refractivity contribution in [3.63, 3.8) is 0 Å². The van der Waals surface area contributed by atoms with Gasteiger partial charge in [-0.2, -0.15) is 0 Å². The van der Waals surface area contributed by atoms with E-state index in [0.29, 0.717) is 19.8 Å². The first-order valence-electron chi connectivity index (χ1n) is 11.7. The van der Waals surface area contributed by atoms with Crippen LogP contribution in [0.15, 0.2) is 48.5 Å². The molecule has 2 atom stereocenters. The van der Waals surface area contributed by atoms with Gasteiger partial charge < -0.3 is 24.8 Å². The normalized spacial score (nSPS) is 17.7. The molecule has 34 heavy (non-hydrogen) atoms. The Morgan fingerprint density at radius 1 is 1.06 bits per heavy atom. The van der Waals surface area contributed by atoms with Crippen molar-refractivity contribution in [3.05, 3.63) is 59.7 Å². The van der Waals surface area contributed by atoms with Crippen LogP contribution in [0, 0.1) is 0 Å². The number of carboxylic acid groups (broad SMARTS) is 1.